The minimum Gasteiger partial charge on any atom is -0.383 e. The summed E-state index contributed by atoms with van der Waals surface area (Å²) in [7, 11) is 1.65. The first-order valence-electron chi connectivity index (χ1n) is 10.4. The van der Waals surface area contributed by atoms with Gasteiger partial charge in [0.2, 0.25) is 5.91 Å². The van der Waals surface area contributed by atoms with Crippen LogP contribution in [-0.4, -0.2) is 47.0 Å². The van der Waals surface area contributed by atoms with E-state index in [0.29, 0.717) is 24.7 Å². The van der Waals surface area contributed by atoms with Crippen molar-refractivity contribution < 1.29 is 9.53 Å². The number of ether oxygens (including phenoxy) is 1. The molecule has 2 aromatic heterocycles. The van der Waals surface area contributed by atoms with E-state index in [1.165, 1.54) is 0 Å². The van der Waals surface area contributed by atoms with Gasteiger partial charge >= 0.3 is 0 Å². The SMILES string of the molecule is COCCN(CCc1csc2nc(-c3ccc(Cl)cc3)cn12)C(=O)/C=C/c1ccccc1. The van der Waals surface area contributed by atoms with E-state index < -0.39 is 0 Å². The number of carbonyl (C=O) groups is 1. The Hall–Kier alpha value is -2.93. The Labute approximate surface area is 196 Å². The van der Waals surface area contributed by atoms with Crippen LogP contribution >= 0.6 is 22.9 Å². The highest BCUT2D eigenvalue weighted by molar-refractivity contribution is 7.15. The normalized spacial score (nSPS) is 11.4. The van der Waals surface area contributed by atoms with Crippen molar-refractivity contribution >= 4 is 39.9 Å². The van der Waals surface area contributed by atoms with E-state index in [1.54, 1.807) is 24.5 Å². The number of hydrogen-bond donors (Lipinski definition) is 0. The number of aromatic nitrogens is 2. The summed E-state index contributed by atoms with van der Waals surface area (Å²) in [5.74, 6) is -0.0233. The molecule has 1 amide bonds. The first-order chi connectivity index (χ1) is 15.6. The fourth-order valence-corrected chi connectivity index (χ4v) is 4.42. The van der Waals surface area contributed by atoms with Crippen molar-refractivity contribution in [3.63, 3.8) is 0 Å². The average molecular weight is 466 g/mol. The number of amides is 1. The zero-order valence-electron chi connectivity index (χ0n) is 17.8. The summed E-state index contributed by atoms with van der Waals surface area (Å²) in [5, 5.41) is 2.81. The van der Waals surface area contributed by atoms with Crippen LogP contribution in [0.2, 0.25) is 5.02 Å². The van der Waals surface area contributed by atoms with Crippen molar-refractivity contribution in [1.82, 2.24) is 14.3 Å². The standard InChI is InChI=1S/C25H24ClN3O2S/c1-31-16-15-28(24(30)12-7-19-5-3-2-4-6-19)14-13-22-18-32-25-27-23(17-29(22)25)20-8-10-21(26)11-9-20/h2-12,17-18H,13-16H2,1H3/b12-7+. The molecule has 0 aliphatic carbocycles. The van der Waals surface area contributed by atoms with Gasteiger partial charge in [-0.2, -0.15) is 0 Å². The molecule has 4 rings (SSSR count). The number of benzene rings is 2. The predicted molar refractivity (Wildman–Crippen MR) is 131 cm³/mol. The van der Waals surface area contributed by atoms with Crippen molar-refractivity contribution in [2.45, 2.75) is 6.42 Å². The van der Waals surface area contributed by atoms with Crippen LogP contribution in [0.3, 0.4) is 0 Å². The number of halogens is 1. The fourth-order valence-electron chi connectivity index (χ4n) is 3.39. The third kappa shape index (κ3) is 5.46. The highest BCUT2D eigenvalue weighted by Crippen LogP contribution is 2.25. The maximum atomic E-state index is 12.8. The summed E-state index contributed by atoms with van der Waals surface area (Å²) >= 11 is 7.60. The molecule has 0 N–H and O–H groups in total. The highest BCUT2D eigenvalue weighted by atomic mass is 35.5. The molecule has 0 unspecified atom stereocenters. The molecule has 0 aliphatic heterocycles. The molecule has 0 radical (unpaired) electrons. The summed E-state index contributed by atoms with van der Waals surface area (Å²) in [4.78, 5) is 20.3. The second-order valence-electron chi connectivity index (χ2n) is 7.32. The summed E-state index contributed by atoms with van der Waals surface area (Å²) in [6.07, 6.45) is 6.25. The van der Waals surface area contributed by atoms with E-state index in [0.717, 1.165) is 33.9 Å². The third-order valence-corrected chi connectivity index (χ3v) is 6.30. The molecule has 0 saturated heterocycles. The van der Waals surface area contributed by atoms with Crippen LogP contribution in [-0.2, 0) is 16.0 Å². The number of carbonyl (C=O) groups excluding carboxylic acids is 1. The monoisotopic (exact) mass is 465 g/mol. The molecule has 0 saturated carbocycles. The van der Waals surface area contributed by atoms with E-state index in [9.17, 15) is 4.79 Å². The van der Waals surface area contributed by atoms with Gasteiger partial charge in [0.25, 0.3) is 0 Å². The van der Waals surface area contributed by atoms with Crippen molar-refractivity contribution in [3.05, 3.63) is 88.5 Å². The van der Waals surface area contributed by atoms with Crippen LogP contribution in [0.4, 0.5) is 0 Å². The van der Waals surface area contributed by atoms with Gasteiger partial charge in [0, 0.05) is 60.6 Å². The Morgan fingerprint density at radius 2 is 1.94 bits per heavy atom. The molecule has 0 fully saturated rings. The van der Waals surface area contributed by atoms with E-state index in [-0.39, 0.29) is 5.91 Å². The predicted octanol–water partition coefficient (Wildman–Crippen LogP) is 5.45. The number of nitrogens with zero attached hydrogens (tertiary/aromatic N) is 3. The summed E-state index contributed by atoms with van der Waals surface area (Å²) in [6, 6.07) is 17.5. The van der Waals surface area contributed by atoms with Crippen molar-refractivity contribution in [3.8, 4) is 11.3 Å². The molecular weight excluding hydrogens is 442 g/mol. The van der Waals surface area contributed by atoms with E-state index in [1.807, 2.05) is 71.8 Å². The Kier molecular flexibility index (Phi) is 7.37. The van der Waals surface area contributed by atoms with Crippen LogP contribution in [0.1, 0.15) is 11.3 Å². The van der Waals surface area contributed by atoms with Gasteiger partial charge < -0.3 is 9.64 Å². The van der Waals surface area contributed by atoms with Crippen molar-refractivity contribution in [1.29, 1.82) is 0 Å². The minimum absolute atomic E-state index is 0.0233. The Bertz CT molecular complexity index is 1200. The zero-order valence-corrected chi connectivity index (χ0v) is 19.4. The molecule has 0 atom stereocenters. The smallest absolute Gasteiger partial charge is 0.246 e. The second-order valence-corrected chi connectivity index (χ2v) is 8.60. The summed E-state index contributed by atoms with van der Waals surface area (Å²) in [5.41, 5.74) is 4.06. The lowest BCUT2D eigenvalue weighted by Gasteiger charge is -2.20. The summed E-state index contributed by atoms with van der Waals surface area (Å²) < 4.78 is 7.32. The van der Waals surface area contributed by atoms with Crippen LogP contribution < -0.4 is 0 Å². The third-order valence-electron chi connectivity index (χ3n) is 5.16. The molecule has 0 spiro atoms. The highest BCUT2D eigenvalue weighted by Gasteiger charge is 2.14. The van der Waals surface area contributed by atoms with Gasteiger partial charge in [-0.25, -0.2) is 4.98 Å². The van der Waals surface area contributed by atoms with E-state index in [4.69, 9.17) is 21.3 Å². The largest absolute Gasteiger partial charge is 0.383 e. The van der Waals surface area contributed by atoms with Crippen LogP contribution in [0.15, 0.2) is 72.3 Å². The first kappa shape index (κ1) is 22.3. The molecular formula is C25H24ClN3O2S. The van der Waals surface area contributed by atoms with Gasteiger partial charge in [-0.3, -0.25) is 9.20 Å². The second kappa shape index (κ2) is 10.6. The number of fused-ring (bicyclic) bond motifs is 1. The Morgan fingerprint density at radius 1 is 1.16 bits per heavy atom. The van der Waals surface area contributed by atoms with Crippen LogP contribution in [0.5, 0.6) is 0 Å². The van der Waals surface area contributed by atoms with E-state index >= 15 is 0 Å². The molecule has 0 bridgehead atoms. The molecule has 32 heavy (non-hydrogen) atoms. The zero-order chi connectivity index (χ0) is 22.3. The van der Waals surface area contributed by atoms with Gasteiger partial charge in [0.15, 0.2) is 4.96 Å². The Balaban J connectivity index is 1.47. The lowest BCUT2D eigenvalue weighted by atomic mass is 10.2. The number of thiazole rings is 1. The average Bonchev–Trinajstić information content (AvgIpc) is 3.40. The fraction of sp³-hybridized carbons (Fsp3) is 0.200. The maximum absolute atomic E-state index is 12.8. The molecule has 2 heterocycles. The van der Waals surface area contributed by atoms with E-state index in [2.05, 4.69) is 9.78 Å². The van der Waals surface area contributed by atoms with Crippen molar-refractivity contribution in [2.24, 2.45) is 0 Å². The quantitative estimate of drug-likeness (QED) is 0.309. The molecule has 7 heteroatoms. The van der Waals surface area contributed by atoms with Crippen molar-refractivity contribution in [2.75, 3.05) is 26.8 Å². The maximum Gasteiger partial charge on any atom is 0.246 e. The molecule has 5 nitrogen and oxygen atoms in total. The number of methoxy groups -OCH3 is 1. The Morgan fingerprint density at radius 3 is 2.69 bits per heavy atom. The lowest BCUT2D eigenvalue weighted by molar-refractivity contribution is -0.126. The number of rotatable bonds is 9. The minimum atomic E-state index is -0.0233. The van der Waals surface area contributed by atoms with Gasteiger partial charge in [-0.05, 0) is 23.8 Å². The molecule has 2 aromatic carbocycles. The molecule has 4 aromatic rings. The van der Waals surface area contributed by atoms with Crippen LogP contribution in [0.25, 0.3) is 22.3 Å². The summed E-state index contributed by atoms with van der Waals surface area (Å²) in [6.45, 7) is 1.64. The number of imidazole rings is 1. The first-order valence-corrected chi connectivity index (χ1v) is 11.6. The van der Waals surface area contributed by atoms with Gasteiger partial charge in [0.05, 0.1) is 12.3 Å². The molecule has 164 valence electrons. The lowest BCUT2D eigenvalue weighted by Crippen LogP contribution is -2.34. The van der Waals surface area contributed by atoms with Gasteiger partial charge in [-0.15, -0.1) is 11.3 Å². The van der Waals surface area contributed by atoms with Gasteiger partial charge in [-0.1, -0.05) is 54.1 Å². The van der Waals surface area contributed by atoms with Gasteiger partial charge in [0.1, 0.15) is 0 Å². The topological polar surface area (TPSA) is 46.8 Å². The molecule has 0 aliphatic rings. The van der Waals surface area contributed by atoms with Crippen LogP contribution in [0, 0.1) is 0 Å². The number of hydrogen-bond acceptors (Lipinski definition) is 4.